The van der Waals surface area contributed by atoms with E-state index in [1.807, 2.05) is 22.7 Å². The Morgan fingerprint density at radius 1 is 0.560 bits per heavy atom. The summed E-state index contributed by atoms with van der Waals surface area (Å²) in [6.45, 7) is 0. The van der Waals surface area contributed by atoms with Crippen molar-refractivity contribution >= 4 is 89.7 Å². The molecule has 0 aliphatic carbocycles. The van der Waals surface area contributed by atoms with Crippen molar-refractivity contribution in [2.75, 3.05) is 0 Å². The lowest BCUT2D eigenvalue weighted by molar-refractivity contribution is 1.78. The molecule has 0 nitrogen and oxygen atoms in total. The summed E-state index contributed by atoms with van der Waals surface area (Å²) in [4.78, 5) is 0. The SMILES string of the molecule is Brc1ccc2sc3cc4sc5ccc6ccccc6c5c4cc3c2c1. The standard InChI is InChI=1S/C22H11BrS2/c23-13-6-8-18-15(9-13)16-10-17-21(11-20(16)24-18)25-19-7-5-12-3-1-2-4-14(12)22(17)19/h1-11H. The molecule has 0 amide bonds. The van der Waals surface area contributed by atoms with Crippen LogP contribution in [0, 0.1) is 0 Å². The number of thiophene rings is 2. The number of hydrogen-bond donors (Lipinski definition) is 0. The Kier molecular flexibility index (Phi) is 2.87. The quantitative estimate of drug-likeness (QED) is 0.232. The highest BCUT2D eigenvalue weighted by Crippen LogP contribution is 2.44. The highest BCUT2D eigenvalue weighted by molar-refractivity contribution is 9.10. The lowest BCUT2D eigenvalue weighted by atomic mass is 10.0. The molecule has 6 aromatic rings. The maximum atomic E-state index is 3.62. The van der Waals surface area contributed by atoms with Crippen LogP contribution in [0.1, 0.15) is 0 Å². The highest BCUT2D eigenvalue weighted by atomic mass is 79.9. The molecule has 0 atom stereocenters. The van der Waals surface area contributed by atoms with Gasteiger partial charge in [0.15, 0.2) is 0 Å². The summed E-state index contributed by atoms with van der Waals surface area (Å²) in [7, 11) is 0. The van der Waals surface area contributed by atoms with Crippen LogP contribution in [-0.4, -0.2) is 0 Å². The zero-order valence-corrected chi connectivity index (χ0v) is 16.3. The van der Waals surface area contributed by atoms with E-state index in [4.69, 9.17) is 0 Å². The van der Waals surface area contributed by atoms with Gasteiger partial charge in [-0.2, -0.15) is 0 Å². The molecule has 0 unspecified atom stereocenters. The average molecular weight is 419 g/mol. The van der Waals surface area contributed by atoms with Crippen LogP contribution in [0.25, 0.3) is 51.1 Å². The lowest BCUT2D eigenvalue weighted by Crippen LogP contribution is -1.74. The van der Waals surface area contributed by atoms with Crippen LogP contribution < -0.4 is 0 Å². The fraction of sp³-hybridized carbons (Fsp3) is 0. The first-order valence-electron chi connectivity index (χ1n) is 8.14. The molecule has 6 rings (SSSR count). The minimum absolute atomic E-state index is 1.14. The molecule has 25 heavy (non-hydrogen) atoms. The summed E-state index contributed by atoms with van der Waals surface area (Å²) in [5.74, 6) is 0. The molecular weight excluding hydrogens is 408 g/mol. The largest absolute Gasteiger partial charge is 0.135 e. The maximum absolute atomic E-state index is 3.62. The molecule has 4 aromatic carbocycles. The Balaban J connectivity index is 1.87. The second kappa shape index (κ2) is 5.04. The zero-order chi connectivity index (χ0) is 16.5. The van der Waals surface area contributed by atoms with Crippen molar-refractivity contribution in [2.24, 2.45) is 0 Å². The summed E-state index contributed by atoms with van der Waals surface area (Å²) in [6.07, 6.45) is 0. The van der Waals surface area contributed by atoms with Crippen molar-refractivity contribution in [1.82, 2.24) is 0 Å². The van der Waals surface area contributed by atoms with Crippen molar-refractivity contribution < 1.29 is 0 Å². The summed E-state index contributed by atoms with van der Waals surface area (Å²) >= 11 is 7.41. The second-order valence-corrected chi connectivity index (χ2v) is 9.43. The molecule has 0 spiro atoms. The van der Waals surface area contributed by atoms with Gasteiger partial charge in [-0.1, -0.05) is 46.3 Å². The van der Waals surface area contributed by atoms with Gasteiger partial charge in [0.1, 0.15) is 0 Å². The summed E-state index contributed by atoms with van der Waals surface area (Å²) < 4.78 is 6.61. The molecule has 118 valence electrons. The predicted molar refractivity (Wildman–Crippen MR) is 117 cm³/mol. The van der Waals surface area contributed by atoms with Crippen molar-refractivity contribution in [3.05, 3.63) is 71.2 Å². The molecule has 0 fully saturated rings. The van der Waals surface area contributed by atoms with E-state index in [0.29, 0.717) is 0 Å². The molecule has 0 saturated heterocycles. The molecule has 0 saturated carbocycles. The molecular formula is C22H11BrS2. The Bertz CT molecular complexity index is 1450. The van der Waals surface area contributed by atoms with Crippen LogP contribution in [0.2, 0.25) is 0 Å². The van der Waals surface area contributed by atoms with Crippen molar-refractivity contribution in [1.29, 1.82) is 0 Å². The van der Waals surface area contributed by atoms with E-state index >= 15 is 0 Å². The first-order chi connectivity index (χ1) is 12.3. The molecule has 0 bridgehead atoms. The number of hydrogen-bond acceptors (Lipinski definition) is 2. The number of benzene rings is 4. The van der Waals surface area contributed by atoms with Gasteiger partial charge < -0.3 is 0 Å². The molecule has 0 radical (unpaired) electrons. The van der Waals surface area contributed by atoms with Gasteiger partial charge in [0.05, 0.1) is 0 Å². The van der Waals surface area contributed by atoms with Crippen LogP contribution in [0.4, 0.5) is 0 Å². The first-order valence-corrected chi connectivity index (χ1v) is 10.6. The average Bonchev–Trinajstić information content (AvgIpc) is 3.17. The zero-order valence-electron chi connectivity index (χ0n) is 13.0. The summed E-state index contributed by atoms with van der Waals surface area (Å²) in [5, 5.41) is 8.15. The minimum atomic E-state index is 1.14. The van der Waals surface area contributed by atoms with Crippen LogP contribution in [0.5, 0.6) is 0 Å². The topological polar surface area (TPSA) is 0 Å². The van der Waals surface area contributed by atoms with E-state index in [9.17, 15) is 0 Å². The highest BCUT2D eigenvalue weighted by Gasteiger charge is 2.12. The van der Waals surface area contributed by atoms with Crippen LogP contribution in [0.3, 0.4) is 0 Å². The van der Waals surface area contributed by atoms with E-state index in [-0.39, 0.29) is 0 Å². The first kappa shape index (κ1) is 14.3. The van der Waals surface area contributed by atoms with Gasteiger partial charge in [-0.15, -0.1) is 22.7 Å². The number of fused-ring (bicyclic) bond motifs is 8. The Hall–Kier alpha value is -1.94. The third-order valence-electron chi connectivity index (χ3n) is 4.91. The minimum Gasteiger partial charge on any atom is -0.135 e. The molecule has 2 aromatic heterocycles. The smallest absolute Gasteiger partial charge is 0.0370 e. The van der Waals surface area contributed by atoms with Crippen molar-refractivity contribution in [2.45, 2.75) is 0 Å². The van der Waals surface area contributed by atoms with Crippen molar-refractivity contribution in [3.63, 3.8) is 0 Å². The Morgan fingerprint density at radius 3 is 2.28 bits per heavy atom. The van der Waals surface area contributed by atoms with Gasteiger partial charge in [-0.05, 0) is 47.2 Å². The Morgan fingerprint density at radius 2 is 1.32 bits per heavy atom. The third-order valence-corrected chi connectivity index (χ3v) is 7.66. The monoisotopic (exact) mass is 418 g/mol. The van der Waals surface area contributed by atoms with E-state index < -0.39 is 0 Å². The fourth-order valence-electron chi connectivity index (χ4n) is 3.79. The fourth-order valence-corrected chi connectivity index (χ4v) is 6.47. The summed E-state index contributed by atoms with van der Waals surface area (Å²) in [5.41, 5.74) is 0. The van der Waals surface area contributed by atoms with E-state index in [1.54, 1.807) is 0 Å². The molecule has 0 aliphatic heterocycles. The summed E-state index contributed by atoms with van der Waals surface area (Å²) in [6, 6.07) is 24.6. The molecule has 0 N–H and O–H groups in total. The molecule has 2 heterocycles. The van der Waals surface area contributed by atoms with Crippen LogP contribution in [-0.2, 0) is 0 Å². The van der Waals surface area contributed by atoms with Crippen LogP contribution in [0.15, 0.2) is 71.2 Å². The van der Waals surface area contributed by atoms with E-state index in [2.05, 4.69) is 82.7 Å². The van der Waals surface area contributed by atoms with Gasteiger partial charge in [0.2, 0.25) is 0 Å². The van der Waals surface area contributed by atoms with Gasteiger partial charge >= 0.3 is 0 Å². The van der Waals surface area contributed by atoms with E-state index in [0.717, 1.165) is 4.47 Å². The lowest BCUT2D eigenvalue weighted by Gasteiger charge is -2.00. The predicted octanol–water partition coefficient (Wildman–Crippen LogP) is 8.34. The van der Waals surface area contributed by atoms with Gasteiger partial charge in [-0.3, -0.25) is 0 Å². The normalized spacial score (nSPS) is 12.2. The number of rotatable bonds is 0. The van der Waals surface area contributed by atoms with Crippen LogP contribution >= 0.6 is 38.6 Å². The van der Waals surface area contributed by atoms with E-state index in [1.165, 1.54) is 51.1 Å². The second-order valence-electron chi connectivity index (χ2n) is 6.35. The van der Waals surface area contributed by atoms with Gasteiger partial charge in [-0.25, -0.2) is 0 Å². The number of halogens is 1. The molecule has 0 aliphatic rings. The Labute approximate surface area is 160 Å². The van der Waals surface area contributed by atoms with Gasteiger partial charge in [0, 0.05) is 44.8 Å². The third kappa shape index (κ3) is 1.97. The van der Waals surface area contributed by atoms with Gasteiger partial charge in [0.25, 0.3) is 0 Å². The maximum Gasteiger partial charge on any atom is 0.0370 e. The molecule has 3 heteroatoms. The van der Waals surface area contributed by atoms with Crippen molar-refractivity contribution in [3.8, 4) is 0 Å².